The molecule has 6 aliphatic heterocycles. The van der Waals surface area contributed by atoms with E-state index < -0.39 is 159 Å². The molecule has 0 radical (unpaired) electrons. The van der Waals surface area contributed by atoms with Gasteiger partial charge in [0.2, 0.25) is 0 Å². The van der Waals surface area contributed by atoms with Gasteiger partial charge in [-0.25, -0.2) is 0 Å². The summed E-state index contributed by atoms with van der Waals surface area (Å²) in [6, 6.07) is 0. The standard InChI is InChI=1S/C54H86O22/c1-23(2)16-26-17-52(9,65)44-27-10-11-32-50(7)14-13-33(49(5,6)31(50)12-15-51(32,8)53(27)21-54(44,76-26)69-22-53)72-47-43(75-46-40(64)37(61)34(58)24(3)70-46)41(29(57)19-68-47)73-48-42(74-45-39(63)35(59)28(56)18-67-45)38(62)36(60)30(71-48)20-66-25(4)55/h16,24,26-48,56-65H,10-15,17-22H2,1-9H3. The molecule has 10 rings (SSSR count). The van der Waals surface area contributed by atoms with Crippen LogP contribution in [0.25, 0.3) is 0 Å². The van der Waals surface area contributed by atoms with Crippen molar-refractivity contribution in [3.63, 3.8) is 0 Å². The minimum Gasteiger partial charge on any atom is -0.463 e. The van der Waals surface area contributed by atoms with Crippen molar-refractivity contribution in [3.8, 4) is 0 Å². The number of hydrogen-bond acceptors (Lipinski definition) is 22. The molecule has 4 saturated carbocycles. The van der Waals surface area contributed by atoms with E-state index >= 15 is 0 Å². The molecule has 0 aromatic heterocycles. The number of carbonyl (C=O) groups excluding carboxylic acids is 1. The molecule has 434 valence electrons. The highest BCUT2D eigenvalue weighted by Gasteiger charge is 2.81. The van der Waals surface area contributed by atoms with E-state index in [1.165, 1.54) is 6.92 Å². The molecule has 10 N–H and O–H groups in total. The van der Waals surface area contributed by atoms with E-state index in [1.807, 2.05) is 6.92 Å². The largest absolute Gasteiger partial charge is 0.463 e. The molecule has 4 aliphatic carbocycles. The predicted molar refractivity (Wildman–Crippen MR) is 260 cm³/mol. The van der Waals surface area contributed by atoms with Crippen LogP contribution >= 0.6 is 0 Å². The van der Waals surface area contributed by atoms with Gasteiger partial charge < -0.3 is 103 Å². The second-order valence-corrected chi connectivity index (χ2v) is 25.9. The fourth-order valence-corrected chi connectivity index (χ4v) is 17.1. The van der Waals surface area contributed by atoms with Gasteiger partial charge in [0, 0.05) is 31.1 Å². The SMILES string of the molecule is CC(=O)OCC1OC(OC2C(O)COC(OC3CCC4(C)C(CCC5(C)C4CCC4C6C(C)(O)CC(C=C(C)C)OC67CC45CO7)C3(C)C)C2OC2OC(C)C(O)C(O)C2O)C(OC2OCC(O)C(O)C2O)C(O)C1O. The van der Waals surface area contributed by atoms with Crippen LogP contribution < -0.4 is 0 Å². The summed E-state index contributed by atoms with van der Waals surface area (Å²) in [6.07, 6.45) is -21.4. The van der Waals surface area contributed by atoms with Gasteiger partial charge in [-0.1, -0.05) is 39.3 Å². The van der Waals surface area contributed by atoms with Crippen LogP contribution in [0.5, 0.6) is 0 Å². The third-order valence-electron chi connectivity index (χ3n) is 20.7. The first-order valence-electron chi connectivity index (χ1n) is 27.7. The summed E-state index contributed by atoms with van der Waals surface area (Å²) in [4.78, 5) is 11.9. The zero-order chi connectivity index (χ0) is 55.0. The van der Waals surface area contributed by atoms with Crippen LogP contribution in [0.1, 0.15) is 114 Å². The number of aliphatic hydroxyl groups is 10. The van der Waals surface area contributed by atoms with Crippen LogP contribution in [0.3, 0.4) is 0 Å². The van der Waals surface area contributed by atoms with Crippen LogP contribution in [0.2, 0.25) is 0 Å². The first-order valence-corrected chi connectivity index (χ1v) is 27.7. The maximum Gasteiger partial charge on any atom is 0.302 e. The predicted octanol–water partition coefficient (Wildman–Crippen LogP) is 0.0284. The smallest absolute Gasteiger partial charge is 0.302 e. The lowest BCUT2D eigenvalue weighted by molar-refractivity contribution is -0.399. The molecule has 10 aliphatic rings. The highest BCUT2D eigenvalue weighted by Crippen LogP contribution is 2.80. The van der Waals surface area contributed by atoms with Gasteiger partial charge >= 0.3 is 5.97 Å². The quantitative estimate of drug-likeness (QED) is 0.0741. The fourth-order valence-electron chi connectivity index (χ4n) is 17.1. The molecule has 6 saturated heterocycles. The summed E-state index contributed by atoms with van der Waals surface area (Å²) in [7, 11) is 0. The summed E-state index contributed by atoms with van der Waals surface area (Å²) in [6.45, 7) is 17.2. The number of esters is 1. The molecular formula is C54H86O22. The molecule has 0 aromatic carbocycles. The Kier molecular flexibility index (Phi) is 15.7. The minimum atomic E-state index is -1.91. The van der Waals surface area contributed by atoms with Gasteiger partial charge in [0.15, 0.2) is 30.9 Å². The Balaban J connectivity index is 0.927. The van der Waals surface area contributed by atoms with Crippen LogP contribution in [-0.4, -0.2) is 218 Å². The monoisotopic (exact) mass is 1090 g/mol. The third kappa shape index (κ3) is 9.38. The van der Waals surface area contributed by atoms with E-state index in [0.29, 0.717) is 25.4 Å². The fraction of sp³-hybridized carbons (Fsp3) is 0.944. The van der Waals surface area contributed by atoms with Crippen LogP contribution in [-0.2, 0) is 56.9 Å². The molecule has 29 unspecified atom stereocenters. The van der Waals surface area contributed by atoms with Crippen molar-refractivity contribution in [2.45, 2.75) is 248 Å². The van der Waals surface area contributed by atoms with Gasteiger partial charge in [0.05, 0.1) is 43.7 Å². The van der Waals surface area contributed by atoms with E-state index in [-0.39, 0.29) is 40.1 Å². The van der Waals surface area contributed by atoms with Crippen LogP contribution in [0.4, 0.5) is 0 Å². The van der Waals surface area contributed by atoms with Gasteiger partial charge in [-0.05, 0) is 100 Å². The zero-order valence-corrected chi connectivity index (χ0v) is 45.3. The second kappa shape index (κ2) is 20.7. The summed E-state index contributed by atoms with van der Waals surface area (Å²) in [5, 5.41) is 111. The van der Waals surface area contributed by atoms with Gasteiger partial charge in [-0.2, -0.15) is 0 Å². The molecule has 10 fully saturated rings. The normalized spacial score (nSPS) is 55.6. The molecule has 76 heavy (non-hydrogen) atoms. The lowest BCUT2D eigenvalue weighted by Crippen LogP contribution is -2.68. The van der Waals surface area contributed by atoms with Crippen molar-refractivity contribution >= 4 is 5.97 Å². The first kappa shape index (κ1) is 57.6. The van der Waals surface area contributed by atoms with E-state index in [4.69, 9.17) is 52.1 Å². The lowest BCUT2D eigenvalue weighted by atomic mass is 9.35. The van der Waals surface area contributed by atoms with Crippen molar-refractivity contribution < 1.29 is 108 Å². The summed E-state index contributed by atoms with van der Waals surface area (Å²) in [5.41, 5.74) is -0.785. The number of allylic oxidation sites excluding steroid dienone is 1. The Morgan fingerprint density at radius 3 is 2.04 bits per heavy atom. The number of fused-ring (bicyclic) bond motifs is 4. The third-order valence-corrected chi connectivity index (χ3v) is 20.7. The Labute approximate surface area is 444 Å². The van der Waals surface area contributed by atoms with Crippen molar-refractivity contribution in [2.75, 3.05) is 26.4 Å². The van der Waals surface area contributed by atoms with E-state index in [9.17, 15) is 55.9 Å². The molecule has 22 nitrogen and oxygen atoms in total. The summed E-state index contributed by atoms with van der Waals surface area (Å²) >= 11 is 0. The number of ether oxygens (including phenoxy) is 11. The first-order chi connectivity index (χ1) is 35.6. The zero-order valence-electron chi connectivity index (χ0n) is 45.3. The number of rotatable bonds is 11. The van der Waals surface area contributed by atoms with Crippen molar-refractivity contribution in [1.29, 1.82) is 0 Å². The van der Waals surface area contributed by atoms with Crippen molar-refractivity contribution in [1.82, 2.24) is 0 Å². The molecule has 22 heteroatoms. The molecule has 0 aromatic rings. The highest BCUT2D eigenvalue weighted by atomic mass is 16.8. The Hall–Kier alpha value is -1.59. The maximum absolute atomic E-state index is 12.3. The summed E-state index contributed by atoms with van der Waals surface area (Å²) < 4.78 is 69.0. The maximum atomic E-state index is 12.3. The number of hydrogen-bond donors (Lipinski definition) is 10. The minimum absolute atomic E-state index is 0.120. The number of carbonyl (C=O) groups is 1. The van der Waals surface area contributed by atoms with Crippen molar-refractivity contribution in [2.24, 2.45) is 45.3 Å². The van der Waals surface area contributed by atoms with Gasteiger partial charge in [-0.3, -0.25) is 4.79 Å². The number of aliphatic hydroxyl groups excluding tert-OH is 9. The molecular weight excluding hydrogens is 1000 g/mol. The highest BCUT2D eigenvalue weighted by molar-refractivity contribution is 5.65. The molecule has 2 spiro atoms. The van der Waals surface area contributed by atoms with E-state index in [1.54, 1.807) is 0 Å². The van der Waals surface area contributed by atoms with Crippen LogP contribution in [0, 0.1) is 45.3 Å². The Bertz CT molecular complexity index is 2130. The van der Waals surface area contributed by atoms with Crippen LogP contribution in [0.15, 0.2) is 11.6 Å². The summed E-state index contributed by atoms with van der Waals surface area (Å²) in [5.74, 6) is -1.01. The molecule has 2 bridgehead atoms. The van der Waals surface area contributed by atoms with Gasteiger partial charge in [0.1, 0.15) is 86.0 Å². The van der Waals surface area contributed by atoms with Crippen molar-refractivity contribution in [3.05, 3.63) is 11.6 Å². The lowest BCUT2D eigenvalue weighted by Gasteiger charge is -2.70. The van der Waals surface area contributed by atoms with E-state index in [0.717, 1.165) is 51.0 Å². The second-order valence-electron chi connectivity index (χ2n) is 25.9. The van der Waals surface area contributed by atoms with Gasteiger partial charge in [-0.15, -0.1) is 0 Å². The van der Waals surface area contributed by atoms with Gasteiger partial charge in [0.25, 0.3) is 0 Å². The Morgan fingerprint density at radius 1 is 0.658 bits per heavy atom. The average Bonchev–Trinajstić information content (AvgIpc) is 3.87. The topological polar surface area (TPSA) is 321 Å². The Morgan fingerprint density at radius 2 is 1.33 bits per heavy atom. The molecule has 29 atom stereocenters. The van der Waals surface area contributed by atoms with E-state index in [2.05, 4.69) is 47.6 Å². The molecule has 0 amide bonds. The average molecular weight is 1090 g/mol. The molecule has 6 heterocycles.